The van der Waals surface area contributed by atoms with Gasteiger partial charge in [-0.25, -0.2) is 9.48 Å². The van der Waals surface area contributed by atoms with Gasteiger partial charge in [-0.1, -0.05) is 24.3 Å². The predicted molar refractivity (Wildman–Crippen MR) is 123 cm³/mol. The van der Waals surface area contributed by atoms with E-state index in [4.69, 9.17) is 9.84 Å². The maximum absolute atomic E-state index is 12.6. The number of esters is 1. The molecule has 4 rings (SSSR count). The first-order valence-corrected chi connectivity index (χ1v) is 10.7. The van der Waals surface area contributed by atoms with Crippen molar-refractivity contribution in [2.24, 2.45) is 0 Å². The van der Waals surface area contributed by atoms with E-state index < -0.39 is 17.9 Å². The molecule has 1 atom stereocenters. The summed E-state index contributed by atoms with van der Waals surface area (Å²) >= 11 is 1.37. The summed E-state index contributed by atoms with van der Waals surface area (Å²) in [6, 6.07) is 16.2. The van der Waals surface area contributed by atoms with E-state index in [0.717, 1.165) is 16.8 Å². The Labute approximate surface area is 189 Å². The highest BCUT2D eigenvalue weighted by atomic mass is 32.1. The molecule has 1 N–H and O–H groups in total. The lowest BCUT2D eigenvalue weighted by molar-refractivity contribution is -0.144. The van der Waals surface area contributed by atoms with Crippen LogP contribution in [0.3, 0.4) is 0 Å². The largest absolute Gasteiger partial charge is 0.467 e. The average Bonchev–Trinajstić information content (AvgIpc) is 3.52. The van der Waals surface area contributed by atoms with E-state index >= 15 is 0 Å². The van der Waals surface area contributed by atoms with Gasteiger partial charge in [0, 0.05) is 40.7 Å². The molecule has 3 heterocycles. The smallest absolute Gasteiger partial charge is 0.333 e. The molecule has 0 saturated carbocycles. The molecule has 0 aliphatic heterocycles. The summed E-state index contributed by atoms with van der Waals surface area (Å²) in [7, 11) is 1.29. The number of hydrogen-bond acceptors (Lipinski definition) is 6. The quantitative estimate of drug-likeness (QED) is 0.343. The minimum Gasteiger partial charge on any atom is -0.467 e. The van der Waals surface area contributed by atoms with Crippen LogP contribution in [0.4, 0.5) is 0 Å². The number of nitrogens with one attached hydrogen (secondary N) is 1. The van der Waals surface area contributed by atoms with Crippen molar-refractivity contribution in [1.29, 1.82) is 0 Å². The Kier molecular flexibility index (Phi) is 6.52. The number of benzene rings is 1. The summed E-state index contributed by atoms with van der Waals surface area (Å²) in [4.78, 5) is 29.6. The van der Waals surface area contributed by atoms with Crippen LogP contribution in [-0.2, 0) is 14.3 Å². The van der Waals surface area contributed by atoms with Crippen molar-refractivity contribution in [3.8, 4) is 16.9 Å². The number of carbonyl (C=O) groups is 2. The summed E-state index contributed by atoms with van der Waals surface area (Å²) in [6.45, 7) is 0. The van der Waals surface area contributed by atoms with Crippen molar-refractivity contribution < 1.29 is 14.3 Å². The van der Waals surface area contributed by atoms with Crippen molar-refractivity contribution in [1.82, 2.24) is 20.1 Å². The molecule has 0 unspecified atom stereocenters. The second-order valence-corrected chi connectivity index (χ2v) is 7.75. The van der Waals surface area contributed by atoms with Gasteiger partial charge in [0.2, 0.25) is 5.91 Å². The van der Waals surface area contributed by atoms with Crippen LogP contribution in [0.25, 0.3) is 23.0 Å². The van der Waals surface area contributed by atoms with Gasteiger partial charge in [0.05, 0.1) is 12.8 Å². The number of para-hydroxylation sites is 1. The minimum atomic E-state index is -0.859. The first-order chi connectivity index (χ1) is 15.7. The topological polar surface area (TPSA) is 86.1 Å². The number of thiophene rings is 1. The van der Waals surface area contributed by atoms with Crippen molar-refractivity contribution in [3.63, 3.8) is 0 Å². The molecule has 32 heavy (non-hydrogen) atoms. The third-order valence-corrected chi connectivity index (χ3v) is 5.60. The Balaban J connectivity index is 1.62. The Morgan fingerprint density at radius 1 is 1.12 bits per heavy atom. The van der Waals surface area contributed by atoms with Gasteiger partial charge in [-0.05, 0) is 41.8 Å². The van der Waals surface area contributed by atoms with Crippen LogP contribution >= 0.6 is 11.3 Å². The maximum atomic E-state index is 12.6. The van der Waals surface area contributed by atoms with E-state index in [-0.39, 0.29) is 0 Å². The summed E-state index contributed by atoms with van der Waals surface area (Å²) in [6.07, 6.45) is 8.32. The van der Waals surface area contributed by atoms with Crippen molar-refractivity contribution in [2.75, 3.05) is 7.11 Å². The normalized spacial score (nSPS) is 11.9. The van der Waals surface area contributed by atoms with Gasteiger partial charge in [0.25, 0.3) is 0 Å². The SMILES string of the molecule is COC(=O)[C@@H](NC(=O)/C=C/c1cn(-c2ccccc2)nc1-c1cccnc1)c1cccs1. The number of nitrogens with zero attached hydrogens (tertiary/aromatic N) is 3. The molecular weight excluding hydrogens is 424 g/mol. The molecule has 1 aromatic carbocycles. The molecule has 7 nitrogen and oxygen atoms in total. The van der Waals surface area contributed by atoms with Crippen LogP contribution in [0.2, 0.25) is 0 Å². The van der Waals surface area contributed by atoms with Gasteiger partial charge in [0.1, 0.15) is 5.69 Å². The van der Waals surface area contributed by atoms with Crippen LogP contribution < -0.4 is 5.32 Å². The first kappa shape index (κ1) is 21.2. The molecule has 0 aliphatic carbocycles. The van der Waals surface area contributed by atoms with Crippen LogP contribution in [-0.4, -0.2) is 33.8 Å². The predicted octanol–water partition coefficient (Wildman–Crippen LogP) is 4.04. The molecule has 0 fully saturated rings. The fourth-order valence-corrected chi connectivity index (χ4v) is 3.89. The van der Waals surface area contributed by atoms with Crippen molar-refractivity contribution in [2.45, 2.75) is 6.04 Å². The van der Waals surface area contributed by atoms with Crippen molar-refractivity contribution in [3.05, 3.63) is 95.1 Å². The number of methoxy groups -OCH3 is 1. The maximum Gasteiger partial charge on any atom is 0.333 e. The minimum absolute atomic E-state index is 0.418. The second-order valence-electron chi connectivity index (χ2n) is 6.77. The highest BCUT2D eigenvalue weighted by molar-refractivity contribution is 7.10. The van der Waals surface area contributed by atoms with Gasteiger partial charge in [-0.15, -0.1) is 11.3 Å². The number of hydrogen-bond donors (Lipinski definition) is 1. The van der Waals surface area contributed by atoms with Gasteiger partial charge < -0.3 is 10.1 Å². The Morgan fingerprint density at radius 2 is 1.97 bits per heavy atom. The molecule has 0 spiro atoms. The Morgan fingerprint density at radius 3 is 2.66 bits per heavy atom. The number of rotatable bonds is 7. The zero-order chi connectivity index (χ0) is 22.3. The van der Waals surface area contributed by atoms with Crippen molar-refractivity contribution >= 4 is 29.3 Å². The average molecular weight is 445 g/mol. The van der Waals surface area contributed by atoms with E-state index in [1.165, 1.54) is 24.5 Å². The second kappa shape index (κ2) is 9.84. The Hall–Kier alpha value is -4.04. The zero-order valence-electron chi connectivity index (χ0n) is 17.2. The molecule has 0 radical (unpaired) electrons. The Bertz CT molecular complexity index is 1220. The van der Waals surface area contributed by atoms with E-state index in [0.29, 0.717) is 10.6 Å². The van der Waals surface area contributed by atoms with E-state index in [1.807, 2.05) is 60.1 Å². The molecule has 160 valence electrons. The van der Waals surface area contributed by atoms with Gasteiger partial charge in [0.15, 0.2) is 6.04 Å². The van der Waals surface area contributed by atoms with E-state index in [1.54, 1.807) is 29.2 Å². The number of pyridine rings is 1. The van der Waals surface area contributed by atoms with Crippen LogP contribution in [0.5, 0.6) is 0 Å². The highest BCUT2D eigenvalue weighted by Gasteiger charge is 2.23. The molecule has 8 heteroatoms. The monoisotopic (exact) mass is 444 g/mol. The molecule has 0 saturated heterocycles. The number of amides is 1. The lowest BCUT2D eigenvalue weighted by atomic mass is 10.1. The molecule has 1 amide bonds. The highest BCUT2D eigenvalue weighted by Crippen LogP contribution is 2.24. The molecule has 4 aromatic rings. The third-order valence-electron chi connectivity index (χ3n) is 4.66. The summed E-state index contributed by atoms with van der Waals surface area (Å²) in [5.41, 5.74) is 3.15. The number of ether oxygens (including phenoxy) is 1. The standard InChI is InChI=1S/C24H20N4O3S/c1-31-24(30)23(20-10-6-14-32-20)26-21(29)12-11-18-16-28(19-8-3-2-4-9-19)27-22(18)17-7-5-13-25-15-17/h2-16,23H,1H3,(H,26,29)/b12-11+/t23-/m0/s1. The third kappa shape index (κ3) is 4.81. The summed E-state index contributed by atoms with van der Waals surface area (Å²) in [5.74, 6) is -0.944. The first-order valence-electron chi connectivity index (χ1n) is 9.81. The zero-order valence-corrected chi connectivity index (χ0v) is 18.0. The van der Waals surface area contributed by atoms with Gasteiger partial charge >= 0.3 is 5.97 Å². The molecule has 0 aliphatic rings. The van der Waals surface area contributed by atoms with Crippen LogP contribution in [0.15, 0.2) is 84.6 Å². The van der Waals surface area contributed by atoms with E-state index in [9.17, 15) is 9.59 Å². The van der Waals surface area contributed by atoms with Crippen LogP contribution in [0, 0.1) is 0 Å². The molecular formula is C24H20N4O3S. The number of carbonyl (C=O) groups excluding carboxylic acids is 2. The summed E-state index contributed by atoms with van der Waals surface area (Å²) < 4.78 is 6.59. The lowest BCUT2D eigenvalue weighted by Gasteiger charge is -2.13. The number of aromatic nitrogens is 3. The lowest BCUT2D eigenvalue weighted by Crippen LogP contribution is -2.32. The fourth-order valence-electron chi connectivity index (χ4n) is 3.12. The fraction of sp³-hybridized carbons (Fsp3) is 0.0833. The van der Waals surface area contributed by atoms with Gasteiger partial charge in [-0.2, -0.15) is 5.10 Å². The van der Waals surface area contributed by atoms with E-state index in [2.05, 4.69) is 10.3 Å². The van der Waals surface area contributed by atoms with Gasteiger partial charge in [-0.3, -0.25) is 9.78 Å². The molecule has 3 aromatic heterocycles. The molecule has 0 bridgehead atoms. The van der Waals surface area contributed by atoms with Crippen LogP contribution in [0.1, 0.15) is 16.5 Å². The summed E-state index contributed by atoms with van der Waals surface area (Å²) in [5, 5.41) is 9.24.